The molecule has 1 amide bonds. The number of benzene rings is 3. The maximum atomic E-state index is 14.0. The van der Waals surface area contributed by atoms with Crippen molar-refractivity contribution >= 4 is 12.0 Å². The average Bonchev–Trinajstić information content (AvgIpc) is 3.40. The van der Waals surface area contributed by atoms with Crippen molar-refractivity contribution in [3.05, 3.63) is 108 Å². The number of morpholine rings is 1. The molecule has 2 heterocycles. The monoisotopic (exact) mass is 508 g/mol. The molecule has 0 atom stereocenters. The Labute approximate surface area is 220 Å². The molecule has 0 aliphatic carbocycles. The lowest BCUT2D eigenvalue weighted by atomic mass is 10.1. The van der Waals surface area contributed by atoms with Gasteiger partial charge in [0.2, 0.25) is 0 Å². The summed E-state index contributed by atoms with van der Waals surface area (Å²) in [5, 5.41) is 14.6. The average molecular weight is 509 g/mol. The molecule has 1 fully saturated rings. The molecule has 1 aliphatic heterocycles. The van der Waals surface area contributed by atoms with Crippen molar-refractivity contribution < 1.29 is 18.7 Å². The minimum Gasteiger partial charge on any atom is -0.489 e. The van der Waals surface area contributed by atoms with Gasteiger partial charge in [-0.1, -0.05) is 48.5 Å². The molecule has 38 heavy (non-hydrogen) atoms. The SMILES string of the molecule is N#C/C(=C/c1cn(-c2ccccc2)nc1-c1cccc(OCc2ccccc2F)c1)C(=O)N1CCOCC1. The molecule has 0 radical (unpaired) electrons. The minimum atomic E-state index is -0.337. The molecular weight excluding hydrogens is 483 g/mol. The molecule has 0 N–H and O–H groups in total. The lowest BCUT2D eigenvalue weighted by Crippen LogP contribution is -2.41. The highest BCUT2D eigenvalue weighted by Gasteiger charge is 2.22. The van der Waals surface area contributed by atoms with Gasteiger partial charge < -0.3 is 14.4 Å². The van der Waals surface area contributed by atoms with Crippen LogP contribution in [0.15, 0.2) is 90.6 Å². The molecule has 7 nitrogen and oxygen atoms in total. The molecule has 4 aromatic rings. The highest BCUT2D eigenvalue weighted by molar-refractivity contribution is 6.02. The van der Waals surface area contributed by atoms with Gasteiger partial charge in [0, 0.05) is 36.0 Å². The lowest BCUT2D eigenvalue weighted by molar-refractivity contribution is -0.130. The number of hydrogen-bond donors (Lipinski definition) is 0. The highest BCUT2D eigenvalue weighted by atomic mass is 19.1. The molecule has 1 aliphatic rings. The second kappa shape index (κ2) is 11.5. The van der Waals surface area contributed by atoms with Gasteiger partial charge in [0.05, 0.1) is 18.9 Å². The van der Waals surface area contributed by atoms with Gasteiger partial charge in [-0.2, -0.15) is 10.4 Å². The molecule has 1 aromatic heterocycles. The van der Waals surface area contributed by atoms with Crippen molar-refractivity contribution in [2.75, 3.05) is 26.3 Å². The second-order valence-corrected chi connectivity index (χ2v) is 8.70. The number of nitrogens with zero attached hydrogens (tertiary/aromatic N) is 4. The van der Waals surface area contributed by atoms with Crippen molar-refractivity contribution in [3.8, 4) is 28.8 Å². The molecular formula is C30H25FN4O3. The van der Waals surface area contributed by atoms with Crippen LogP contribution in [0.25, 0.3) is 23.0 Å². The molecule has 0 bridgehead atoms. The molecule has 1 saturated heterocycles. The number of ether oxygens (including phenoxy) is 2. The predicted molar refractivity (Wildman–Crippen MR) is 141 cm³/mol. The zero-order valence-corrected chi connectivity index (χ0v) is 20.6. The number of para-hydroxylation sites is 1. The molecule has 190 valence electrons. The van der Waals surface area contributed by atoms with Crippen LogP contribution in [0.3, 0.4) is 0 Å². The summed E-state index contributed by atoms with van der Waals surface area (Å²) in [7, 11) is 0. The first kappa shape index (κ1) is 24.9. The fourth-order valence-electron chi connectivity index (χ4n) is 4.17. The number of halogens is 1. The molecule has 3 aromatic carbocycles. The maximum Gasteiger partial charge on any atom is 0.264 e. The highest BCUT2D eigenvalue weighted by Crippen LogP contribution is 2.29. The summed E-state index contributed by atoms with van der Waals surface area (Å²) < 4.78 is 27.0. The number of aromatic nitrogens is 2. The van der Waals surface area contributed by atoms with Crippen LogP contribution < -0.4 is 4.74 Å². The van der Waals surface area contributed by atoms with Crippen molar-refractivity contribution in [1.82, 2.24) is 14.7 Å². The first-order valence-electron chi connectivity index (χ1n) is 12.2. The zero-order chi connectivity index (χ0) is 26.3. The van der Waals surface area contributed by atoms with E-state index in [-0.39, 0.29) is 23.9 Å². The fourth-order valence-corrected chi connectivity index (χ4v) is 4.17. The van der Waals surface area contributed by atoms with E-state index in [0.717, 1.165) is 11.3 Å². The van der Waals surface area contributed by atoms with Gasteiger partial charge in [-0.05, 0) is 36.4 Å². The number of rotatable bonds is 7. The van der Waals surface area contributed by atoms with Crippen LogP contribution in [0.2, 0.25) is 0 Å². The Hall–Kier alpha value is -4.74. The summed E-state index contributed by atoms with van der Waals surface area (Å²) in [6.07, 6.45) is 3.37. The van der Waals surface area contributed by atoms with Crippen LogP contribution in [-0.2, 0) is 16.1 Å². The van der Waals surface area contributed by atoms with E-state index in [0.29, 0.717) is 48.9 Å². The predicted octanol–water partition coefficient (Wildman–Crippen LogP) is 5.02. The Morgan fingerprint density at radius 1 is 1.05 bits per heavy atom. The number of carbonyl (C=O) groups is 1. The van der Waals surface area contributed by atoms with Crippen LogP contribution in [-0.4, -0.2) is 46.9 Å². The first-order chi connectivity index (χ1) is 18.6. The van der Waals surface area contributed by atoms with Gasteiger partial charge in [0.1, 0.15) is 35.5 Å². The van der Waals surface area contributed by atoms with Crippen LogP contribution in [0, 0.1) is 17.1 Å². The van der Waals surface area contributed by atoms with Gasteiger partial charge in [-0.3, -0.25) is 4.79 Å². The number of amides is 1. The summed E-state index contributed by atoms with van der Waals surface area (Å²) in [6.45, 7) is 1.85. The Morgan fingerprint density at radius 3 is 2.58 bits per heavy atom. The van der Waals surface area contributed by atoms with E-state index in [9.17, 15) is 14.4 Å². The van der Waals surface area contributed by atoms with Crippen LogP contribution in [0.5, 0.6) is 5.75 Å². The van der Waals surface area contributed by atoms with E-state index < -0.39 is 0 Å². The summed E-state index contributed by atoms with van der Waals surface area (Å²) >= 11 is 0. The standard InChI is InChI=1S/C30H25FN4O3/c31-28-12-5-4-7-23(28)21-38-27-11-6-8-22(18-27)29-25(20-35(33-29)26-9-2-1-3-10-26)17-24(19-32)30(36)34-13-15-37-16-14-34/h1-12,17-18,20H,13-16,21H2/b24-17-. The van der Waals surface area contributed by atoms with Crippen molar-refractivity contribution in [3.63, 3.8) is 0 Å². The van der Waals surface area contributed by atoms with Crippen LogP contribution >= 0.6 is 0 Å². The first-order valence-corrected chi connectivity index (χ1v) is 12.2. The molecule has 0 saturated carbocycles. The Kier molecular flexibility index (Phi) is 7.57. The van der Waals surface area contributed by atoms with Gasteiger partial charge in [-0.15, -0.1) is 0 Å². The van der Waals surface area contributed by atoms with Crippen molar-refractivity contribution in [1.29, 1.82) is 5.26 Å². The van der Waals surface area contributed by atoms with E-state index in [1.54, 1.807) is 46.1 Å². The third-order valence-electron chi connectivity index (χ3n) is 6.17. The van der Waals surface area contributed by atoms with E-state index in [4.69, 9.17) is 14.6 Å². The Morgan fingerprint density at radius 2 is 1.82 bits per heavy atom. The van der Waals surface area contributed by atoms with Gasteiger partial charge >= 0.3 is 0 Å². The minimum absolute atomic E-state index is 0.0210. The summed E-state index contributed by atoms with van der Waals surface area (Å²) in [5.41, 5.74) is 3.22. The lowest BCUT2D eigenvalue weighted by Gasteiger charge is -2.26. The van der Waals surface area contributed by atoms with E-state index in [1.165, 1.54) is 6.07 Å². The fraction of sp³-hybridized carbons (Fsp3) is 0.167. The summed E-state index contributed by atoms with van der Waals surface area (Å²) in [5.74, 6) is -0.123. The Balaban J connectivity index is 1.50. The van der Waals surface area contributed by atoms with E-state index >= 15 is 0 Å². The van der Waals surface area contributed by atoms with Crippen molar-refractivity contribution in [2.45, 2.75) is 6.61 Å². The van der Waals surface area contributed by atoms with Crippen LogP contribution in [0.4, 0.5) is 4.39 Å². The normalized spacial score (nSPS) is 13.7. The molecule has 0 unspecified atom stereocenters. The van der Waals surface area contributed by atoms with Gasteiger partial charge in [0.15, 0.2) is 0 Å². The maximum absolute atomic E-state index is 14.0. The summed E-state index contributed by atoms with van der Waals surface area (Å²) in [6, 6.07) is 25.4. The number of carbonyl (C=O) groups excluding carboxylic acids is 1. The number of hydrogen-bond acceptors (Lipinski definition) is 5. The third kappa shape index (κ3) is 5.64. The number of nitriles is 1. The second-order valence-electron chi connectivity index (χ2n) is 8.70. The Bertz CT molecular complexity index is 1500. The van der Waals surface area contributed by atoms with Gasteiger partial charge in [0.25, 0.3) is 5.91 Å². The largest absolute Gasteiger partial charge is 0.489 e. The third-order valence-corrected chi connectivity index (χ3v) is 6.17. The quantitative estimate of drug-likeness (QED) is 0.259. The zero-order valence-electron chi connectivity index (χ0n) is 20.6. The van der Waals surface area contributed by atoms with Crippen LogP contribution in [0.1, 0.15) is 11.1 Å². The summed E-state index contributed by atoms with van der Waals surface area (Å²) in [4.78, 5) is 14.7. The molecule has 0 spiro atoms. The van der Waals surface area contributed by atoms with Gasteiger partial charge in [-0.25, -0.2) is 9.07 Å². The van der Waals surface area contributed by atoms with Crippen molar-refractivity contribution in [2.24, 2.45) is 0 Å². The molecule has 5 rings (SSSR count). The topological polar surface area (TPSA) is 80.4 Å². The smallest absolute Gasteiger partial charge is 0.264 e. The molecule has 8 heteroatoms. The van der Waals surface area contributed by atoms with E-state index in [1.807, 2.05) is 48.5 Å². The van der Waals surface area contributed by atoms with E-state index in [2.05, 4.69) is 6.07 Å².